The minimum atomic E-state index is 0.297. The zero-order valence-corrected chi connectivity index (χ0v) is 10.4. The van der Waals surface area contributed by atoms with Crippen molar-refractivity contribution in [2.75, 3.05) is 6.54 Å². The van der Waals surface area contributed by atoms with E-state index in [4.69, 9.17) is 4.42 Å². The molecular weight excluding hydrogens is 214 g/mol. The Kier molecular flexibility index (Phi) is 3.98. The molecule has 0 saturated carbocycles. The van der Waals surface area contributed by atoms with Gasteiger partial charge in [-0.3, -0.25) is 0 Å². The van der Waals surface area contributed by atoms with Gasteiger partial charge < -0.3 is 14.3 Å². The Bertz CT molecular complexity index is 433. The predicted octanol–water partition coefficient (Wildman–Crippen LogP) is 2.30. The molecule has 4 nitrogen and oxygen atoms in total. The highest BCUT2D eigenvalue weighted by Gasteiger charge is 2.13. The summed E-state index contributed by atoms with van der Waals surface area (Å²) >= 11 is 0. The largest absolute Gasteiger partial charge is 0.469 e. The van der Waals surface area contributed by atoms with Gasteiger partial charge in [0.1, 0.15) is 5.76 Å². The summed E-state index contributed by atoms with van der Waals surface area (Å²) < 4.78 is 7.33. The van der Waals surface area contributed by atoms with E-state index in [1.807, 2.05) is 30.1 Å². The number of nitrogens with zero attached hydrogens (tertiary/aromatic N) is 2. The quantitative estimate of drug-likeness (QED) is 0.832. The number of aromatic nitrogens is 2. The van der Waals surface area contributed by atoms with Crippen LogP contribution < -0.4 is 5.32 Å². The molecule has 92 valence electrons. The molecule has 0 saturated heterocycles. The molecule has 1 N–H and O–H groups in total. The maximum absolute atomic E-state index is 5.35. The summed E-state index contributed by atoms with van der Waals surface area (Å²) in [5.41, 5.74) is 1.10. The van der Waals surface area contributed by atoms with Crippen molar-refractivity contribution >= 4 is 0 Å². The molecule has 0 aromatic carbocycles. The number of hydrogen-bond donors (Lipinski definition) is 1. The van der Waals surface area contributed by atoms with Crippen molar-refractivity contribution in [3.05, 3.63) is 42.4 Å². The second-order valence-electron chi connectivity index (χ2n) is 4.19. The highest BCUT2D eigenvalue weighted by molar-refractivity contribution is 5.06. The average Bonchev–Trinajstić information content (AvgIpc) is 2.95. The van der Waals surface area contributed by atoms with Crippen LogP contribution in [0.4, 0.5) is 0 Å². The van der Waals surface area contributed by atoms with E-state index in [2.05, 4.69) is 23.4 Å². The molecule has 2 aromatic heterocycles. The molecule has 2 rings (SSSR count). The fourth-order valence-electron chi connectivity index (χ4n) is 1.96. The van der Waals surface area contributed by atoms with Crippen LogP contribution in [-0.2, 0) is 13.5 Å². The Hall–Kier alpha value is -1.55. The predicted molar refractivity (Wildman–Crippen MR) is 66.7 cm³/mol. The third kappa shape index (κ3) is 3.20. The van der Waals surface area contributed by atoms with Crippen molar-refractivity contribution in [2.45, 2.75) is 25.8 Å². The molecule has 0 fully saturated rings. The van der Waals surface area contributed by atoms with Crippen molar-refractivity contribution in [3.63, 3.8) is 0 Å². The Morgan fingerprint density at radius 3 is 3.00 bits per heavy atom. The third-order valence-electron chi connectivity index (χ3n) is 2.79. The van der Waals surface area contributed by atoms with E-state index in [9.17, 15) is 0 Å². The number of hydrogen-bond acceptors (Lipinski definition) is 3. The van der Waals surface area contributed by atoms with Crippen molar-refractivity contribution in [1.82, 2.24) is 14.9 Å². The lowest BCUT2D eigenvalue weighted by molar-refractivity contribution is 0.454. The van der Waals surface area contributed by atoms with Gasteiger partial charge in [0.25, 0.3) is 0 Å². The Balaban J connectivity index is 1.97. The highest BCUT2D eigenvalue weighted by atomic mass is 16.3. The van der Waals surface area contributed by atoms with Gasteiger partial charge in [-0.1, -0.05) is 6.92 Å². The molecule has 0 aliphatic heterocycles. The van der Waals surface area contributed by atoms with Gasteiger partial charge in [0.2, 0.25) is 0 Å². The number of rotatable bonds is 6. The highest BCUT2D eigenvalue weighted by Crippen LogP contribution is 2.17. The lowest BCUT2D eigenvalue weighted by Crippen LogP contribution is -2.21. The first kappa shape index (κ1) is 11.9. The monoisotopic (exact) mass is 233 g/mol. The molecule has 0 bridgehead atoms. The van der Waals surface area contributed by atoms with E-state index in [1.165, 1.54) is 0 Å². The van der Waals surface area contributed by atoms with Crippen LogP contribution in [0.15, 0.2) is 35.3 Å². The normalized spacial score (nSPS) is 12.8. The van der Waals surface area contributed by atoms with Gasteiger partial charge in [-0.25, -0.2) is 4.98 Å². The fourth-order valence-corrected chi connectivity index (χ4v) is 1.96. The molecule has 4 heteroatoms. The molecule has 0 aliphatic rings. The zero-order chi connectivity index (χ0) is 12.1. The number of imidazole rings is 1. The minimum absolute atomic E-state index is 0.297. The van der Waals surface area contributed by atoms with Gasteiger partial charge in [-0.05, 0) is 25.1 Å². The average molecular weight is 233 g/mol. The lowest BCUT2D eigenvalue weighted by atomic mass is 10.1. The molecule has 0 amide bonds. The zero-order valence-electron chi connectivity index (χ0n) is 10.4. The van der Waals surface area contributed by atoms with Gasteiger partial charge in [0, 0.05) is 19.7 Å². The van der Waals surface area contributed by atoms with Crippen LogP contribution in [0.5, 0.6) is 0 Å². The van der Waals surface area contributed by atoms with E-state index < -0.39 is 0 Å². The molecule has 1 unspecified atom stereocenters. The molecule has 1 atom stereocenters. The molecule has 2 heterocycles. The Morgan fingerprint density at radius 1 is 1.53 bits per heavy atom. The summed E-state index contributed by atoms with van der Waals surface area (Å²) in [5, 5.41) is 3.46. The fraction of sp³-hybridized carbons (Fsp3) is 0.462. The van der Waals surface area contributed by atoms with Crippen LogP contribution >= 0.6 is 0 Å². The molecular formula is C13H19N3O. The Morgan fingerprint density at radius 2 is 2.41 bits per heavy atom. The molecule has 0 spiro atoms. The summed E-state index contributed by atoms with van der Waals surface area (Å²) in [4.78, 5) is 4.40. The molecule has 0 radical (unpaired) electrons. The second kappa shape index (κ2) is 5.68. The number of aryl methyl sites for hydroxylation is 2. The standard InChI is InChI=1S/C13H19N3O/c1-3-14-12(13-9-16(2)10-15-13)7-6-11-5-4-8-17-11/h4-5,8-10,12,14H,3,6-7H2,1-2H3. The lowest BCUT2D eigenvalue weighted by Gasteiger charge is -2.14. The van der Waals surface area contributed by atoms with Crippen LogP contribution in [0.1, 0.15) is 30.8 Å². The summed E-state index contributed by atoms with van der Waals surface area (Å²) in [6.07, 6.45) is 7.56. The van der Waals surface area contributed by atoms with Crippen LogP contribution in [0, 0.1) is 0 Å². The van der Waals surface area contributed by atoms with Gasteiger partial charge in [0.15, 0.2) is 0 Å². The maximum atomic E-state index is 5.35. The summed E-state index contributed by atoms with van der Waals surface area (Å²) in [5.74, 6) is 1.03. The maximum Gasteiger partial charge on any atom is 0.103 e. The van der Waals surface area contributed by atoms with Crippen LogP contribution in [0.3, 0.4) is 0 Å². The van der Waals surface area contributed by atoms with Crippen molar-refractivity contribution in [3.8, 4) is 0 Å². The molecule has 2 aromatic rings. The van der Waals surface area contributed by atoms with E-state index in [0.29, 0.717) is 6.04 Å². The van der Waals surface area contributed by atoms with Crippen LogP contribution in [0.25, 0.3) is 0 Å². The minimum Gasteiger partial charge on any atom is -0.469 e. The topological polar surface area (TPSA) is 43.0 Å². The summed E-state index contributed by atoms with van der Waals surface area (Å²) in [6, 6.07) is 4.24. The molecule has 0 aliphatic carbocycles. The van der Waals surface area contributed by atoms with Crippen LogP contribution in [0.2, 0.25) is 0 Å². The third-order valence-corrected chi connectivity index (χ3v) is 2.79. The van der Waals surface area contributed by atoms with Gasteiger partial charge in [-0.15, -0.1) is 0 Å². The summed E-state index contributed by atoms with van der Waals surface area (Å²) in [6.45, 7) is 3.06. The smallest absolute Gasteiger partial charge is 0.103 e. The van der Waals surface area contributed by atoms with Gasteiger partial charge >= 0.3 is 0 Å². The first-order valence-corrected chi connectivity index (χ1v) is 6.03. The first-order chi connectivity index (χ1) is 8.29. The van der Waals surface area contributed by atoms with E-state index in [-0.39, 0.29) is 0 Å². The second-order valence-corrected chi connectivity index (χ2v) is 4.19. The SMILES string of the molecule is CCNC(CCc1ccco1)c1cn(C)cn1. The summed E-state index contributed by atoms with van der Waals surface area (Å²) in [7, 11) is 1.99. The number of nitrogens with one attached hydrogen (secondary N) is 1. The van der Waals surface area contributed by atoms with E-state index >= 15 is 0 Å². The van der Waals surface area contributed by atoms with Crippen molar-refractivity contribution in [2.24, 2.45) is 7.05 Å². The van der Waals surface area contributed by atoms with Crippen molar-refractivity contribution in [1.29, 1.82) is 0 Å². The first-order valence-electron chi connectivity index (χ1n) is 6.03. The van der Waals surface area contributed by atoms with Gasteiger partial charge in [-0.2, -0.15) is 0 Å². The van der Waals surface area contributed by atoms with E-state index in [0.717, 1.165) is 30.8 Å². The van der Waals surface area contributed by atoms with Gasteiger partial charge in [0.05, 0.1) is 24.3 Å². The van der Waals surface area contributed by atoms with E-state index in [1.54, 1.807) is 6.26 Å². The number of furan rings is 1. The Labute approximate surface area is 102 Å². The van der Waals surface area contributed by atoms with Crippen LogP contribution in [-0.4, -0.2) is 16.1 Å². The molecule has 17 heavy (non-hydrogen) atoms. The van der Waals surface area contributed by atoms with Crippen molar-refractivity contribution < 1.29 is 4.42 Å².